The van der Waals surface area contributed by atoms with Crippen LogP contribution in [0.3, 0.4) is 0 Å². The predicted molar refractivity (Wildman–Crippen MR) is 99.3 cm³/mol. The molecule has 6 nitrogen and oxygen atoms in total. The number of carbonyl (C=O) groups excluding carboxylic acids is 1. The number of hydrogen-bond donors (Lipinski definition) is 1. The Morgan fingerprint density at radius 3 is 2.61 bits per heavy atom. The highest BCUT2D eigenvalue weighted by Gasteiger charge is 2.32. The van der Waals surface area contributed by atoms with Crippen molar-refractivity contribution in [2.75, 3.05) is 13.3 Å². The molecule has 1 aromatic carbocycles. The van der Waals surface area contributed by atoms with E-state index in [1.54, 1.807) is 19.2 Å². The van der Waals surface area contributed by atoms with Crippen LogP contribution in [-0.2, 0) is 17.8 Å². The number of benzene rings is 1. The van der Waals surface area contributed by atoms with Crippen molar-refractivity contribution in [3.05, 3.63) is 51.4 Å². The van der Waals surface area contributed by atoms with E-state index in [4.69, 9.17) is 0 Å². The molecule has 152 valence electrons. The van der Waals surface area contributed by atoms with Gasteiger partial charge in [0, 0.05) is 36.8 Å². The molecule has 0 aliphatic rings. The minimum Gasteiger partial charge on any atom is -0.405 e. The van der Waals surface area contributed by atoms with E-state index in [-0.39, 0.29) is 42.2 Å². The van der Waals surface area contributed by atoms with Gasteiger partial charge in [-0.2, -0.15) is 0 Å². The van der Waals surface area contributed by atoms with Gasteiger partial charge >= 0.3 is 6.36 Å². The molecule has 2 aromatic rings. The number of aromatic amines is 1. The standard InChI is InChI=1S/C18H20F3N3O3S/c1-11-13(16(26)23-17(22-11)28-3)8-9-15(25)24(2)10-12-6-4-5-7-14(12)27-18(19,20)21/h4-7H,8-10H2,1-3H3,(H,22,23,26). The topological polar surface area (TPSA) is 75.3 Å². The number of thioether (sulfide) groups is 1. The monoisotopic (exact) mass is 415 g/mol. The summed E-state index contributed by atoms with van der Waals surface area (Å²) in [5, 5.41) is 0.496. The fourth-order valence-electron chi connectivity index (χ4n) is 2.60. The lowest BCUT2D eigenvalue weighted by Crippen LogP contribution is -2.28. The number of carbonyl (C=O) groups is 1. The summed E-state index contributed by atoms with van der Waals surface area (Å²) in [4.78, 5) is 32.7. The van der Waals surface area contributed by atoms with E-state index < -0.39 is 6.36 Å². The summed E-state index contributed by atoms with van der Waals surface area (Å²) < 4.78 is 41.5. The Bertz CT molecular complexity index is 900. The van der Waals surface area contributed by atoms with Crippen molar-refractivity contribution in [2.24, 2.45) is 0 Å². The van der Waals surface area contributed by atoms with Gasteiger partial charge in [0.2, 0.25) is 5.91 Å². The number of halogens is 3. The third-order valence-corrected chi connectivity index (χ3v) is 4.59. The minimum atomic E-state index is -4.81. The summed E-state index contributed by atoms with van der Waals surface area (Å²) >= 11 is 1.31. The van der Waals surface area contributed by atoms with Crippen LogP contribution in [0.5, 0.6) is 5.75 Å². The summed E-state index contributed by atoms with van der Waals surface area (Å²) in [6, 6.07) is 5.65. The van der Waals surface area contributed by atoms with Gasteiger partial charge in [0.05, 0.1) is 0 Å². The maximum absolute atomic E-state index is 12.5. The molecular weight excluding hydrogens is 395 g/mol. The van der Waals surface area contributed by atoms with Crippen LogP contribution in [0.1, 0.15) is 23.2 Å². The van der Waals surface area contributed by atoms with Crippen molar-refractivity contribution in [3.8, 4) is 5.75 Å². The van der Waals surface area contributed by atoms with Gasteiger partial charge in [-0.05, 0) is 25.7 Å². The predicted octanol–water partition coefficient (Wildman–Crippen LogP) is 3.29. The summed E-state index contributed by atoms with van der Waals surface area (Å²) in [6.07, 6.45) is -2.81. The number of ether oxygens (including phenoxy) is 1. The molecule has 0 atom stereocenters. The van der Waals surface area contributed by atoms with Gasteiger partial charge in [-0.3, -0.25) is 9.59 Å². The number of nitrogens with one attached hydrogen (secondary N) is 1. The van der Waals surface area contributed by atoms with Gasteiger partial charge < -0.3 is 14.6 Å². The average molecular weight is 415 g/mol. The Morgan fingerprint density at radius 1 is 1.32 bits per heavy atom. The second-order valence-electron chi connectivity index (χ2n) is 6.04. The zero-order valence-corrected chi connectivity index (χ0v) is 16.4. The molecule has 1 heterocycles. The number of H-pyrrole nitrogens is 1. The Kier molecular flexibility index (Phi) is 7.11. The molecule has 0 saturated carbocycles. The molecule has 0 saturated heterocycles. The van der Waals surface area contributed by atoms with Gasteiger partial charge in [-0.1, -0.05) is 30.0 Å². The number of para-hydroxylation sites is 1. The first kappa shape index (κ1) is 21.8. The molecule has 28 heavy (non-hydrogen) atoms. The summed E-state index contributed by atoms with van der Waals surface area (Å²) in [7, 11) is 1.48. The van der Waals surface area contributed by atoms with Crippen molar-refractivity contribution in [3.63, 3.8) is 0 Å². The Labute approximate surface area is 164 Å². The van der Waals surface area contributed by atoms with E-state index in [9.17, 15) is 22.8 Å². The maximum Gasteiger partial charge on any atom is 0.573 e. The number of rotatable bonds is 7. The number of alkyl halides is 3. The number of hydrogen-bond acceptors (Lipinski definition) is 5. The smallest absolute Gasteiger partial charge is 0.405 e. The van der Waals surface area contributed by atoms with E-state index in [0.717, 1.165) is 0 Å². The molecule has 1 N–H and O–H groups in total. The number of aromatic nitrogens is 2. The zero-order valence-electron chi connectivity index (χ0n) is 15.6. The highest BCUT2D eigenvalue weighted by atomic mass is 32.2. The second-order valence-corrected chi connectivity index (χ2v) is 6.84. The zero-order chi connectivity index (χ0) is 20.9. The molecule has 0 fully saturated rings. The molecule has 0 unspecified atom stereocenters. The van der Waals surface area contributed by atoms with Gasteiger partial charge in [0.1, 0.15) is 5.75 Å². The van der Waals surface area contributed by atoms with Gasteiger partial charge in [-0.15, -0.1) is 13.2 Å². The highest BCUT2D eigenvalue weighted by molar-refractivity contribution is 7.98. The third-order valence-electron chi connectivity index (χ3n) is 4.01. The first-order valence-corrected chi connectivity index (χ1v) is 9.54. The van der Waals surface area contributed by atoms with Crippen LogP contribution in [-0.4, -0.2) is 40.4 Å². The van der Waals surface area contributed by atoms with E-state index in [1.165, 1.54) is 41.9 Å². The summed E-state index contributed by atoms with van der Waals surface area (Å²) in [5.41, 5.74) is 0.903. The van der Waals surface area contributed by atoms with Crippen LogP contribution in [0.25, 0.3) is 0 Å². The quantitative estimate of drug-likeness (QED) is 0.555. The van der Waals surface area contributed by atoms with Crippen LogP contribution in [0.4, 0.5) is 13.2 Å². The number of nitrogens with zero attached hydrogens (tertiary/aromatic N) is 2. The molecule has 0 bridgehead atoms. The van der Waals surface area contributed by atoms with Crippen molar-refractivity contribution >= 4 is 17.7 Å². The first-order chi connectivity index (χ1) is 13.1. The fraction of sp³-hybridized carbons (Fsp3) is 0.389. The lowest BCUT2D eigenvalue weighted by atomic mass is 10.1. The fourth-order valence-corrected chi connectivity index (χ4v) is 3.02. The van der Waals surface area contributed by atoms with Crippen LogP contribution in [0.15, 0.2) is 34.2 Å². The lowest BCUT2D eigenvalue weighted by Gasteiger charge is -2.20. The summed E-state index contributed by atoms with van der Waals surface area (Å²) in [6.45, 7) is 1.65. The van der Waals surface area contributed by atoms with Crippen molar-refractivity contribution < 1.29 is 22.7 Å². The normalized spacial score (nSPS) is 11.4. The lowest BCUT2D eigenvalue weighted by molar-refractivity contribution is -0.275. The largest absolute Gasteiger partial charge is 0.573 e. The molecule has 0 aliphatic heterocycles. The Balaban J connectivity index is 2.04. The van der Waals surface area contributed by atoms with E-state index in [1.807, 2.05) is 0 Å². The Hall–Kier alpha value is -2.49. The summed E-state index contributed by atoms with van der Waals surface area (Å²) in [5.74, 6) is -0.659. The van der Waals surface area contributed by atoms with E-state index in [2.05, 4.69) is 14.7 Å². The molecule has 1 amide bonds. The van der Waals surface area contributed by atoms with Gasteiger partial charge in [-0.25, -0.2) is 4.98 Å². The van der Waals surface area contributed by atoms with E-state index in [0.29, 0.717) is 16.4 Å². The van der Waals surface area contributed by atoms with Crippen LogP contribution in [0, 0.1) is 6.92 Å². The van der Waals surface area contributed by atoms with Crippen LogP contribution >= 0.6 is 11.8 Å². The molecule has 0 radical (unpaired) electrons. The molecular formula is C18H20F3N3O3S. The highest BCUT2D eigenvalue weighted by Crippen LogP contribution is 2.27. The van der Waals surface area contributed by atoms with Crippen LogP contribution < -0.4 is 10.3 Å². The van der Waals surface area contributed by atoms with Crippen molar-refractivity contribution in [1.82, 2.24) is 14.9 Å². The van der Waals surface area contributed by atoms with Crippen LogP contribution in [0.2, 0.25) is 0 Å². The number of aryl methyl sites for hydroxylation is 1. The van der Waals surface area contributed by atoms with Gasteiger partial charge in [0.15, 0.2) is 5.16 Å². The molecule has 2 rings (SSSR count). The molecule has 0 spiro atoms. The van der Waals surface area contributed by atoms with E-state index >= 15 is 0 Å². The average Bonchev–Trinajstić information content (AvgIpc) is 2.60. The van der Waals surface area contributed by atoms with Crippen molar-refractivity contribution in [1.29, 1.82) is 0 Å². The molecule has 10 heteroatoms. The minimum absolute atomic E-state index is 0.0308. The third kappa shape index (κ3) is 6.01. The van der Waals surface area contributed by atoms with Gasteiger partial charge in [0.25, 0.3) is 5.56 Å². The SMILES string of the molecule is CSc1nc(C)c(CCC(=O)N(C)Cc2ccccc2OC(F)(F)F)c(=O)[nH]1. The van der Waals surface area contributed by atoms with Crippen molar-refractivity contribution in [2.45, 2.75) is 37.8 Å². The molecule has 0 aliphatic carbocycles. The molecule has 1 aromatic heterocycles. The maximum atomic E-state index is 12.5. The number of amides is 1. The first-order valence-electron chi connectivity index (χ1n) is 8.32. The second kappa shape index (κ2) is 9.13. The Morgan fingerprint density at radius 2 is 2.00 bits per heavy atom.